The second-order valence-corrected chi connectivity index (χ2v) is 27.6. The summed E-state index contributed by atoms with van der Waals surface area (Å²) in [7, 11) is 3.54. The minimum Gasteiger partial charge on any atom is -0.497 e. The second-order valence-electron chi connectivity index (χ2n) is 26.2. The van der Waals surface area contributed by atoms with E-state index in [2.05, 4.69) is 100 Å². The average molecular weight is 1550 g/mol. The molecule has 8 aromatic carbocycles. The lowest BCUT2D eigenvalue weighted by molar-refractivity contribution is 0.296. The highest BCUT2D eigenvalue weighted by atomic mass is 32.2. The van der Waals surface area contributed by atoms with E-state index in [1.165, 1.54) is 17.7 Å². The molecule has 0 saturated heterocycles. The molecule has 0 fully saturated rings. The highest BCUT2D eigenvalue weighted by molar-refractivity contribution is 7.84. The number of ether oxygens (including phenoxy) is 5. The van der Waals surface area contributed by atoms with Crippen molar-refractivity contribution in [1.29, 1.82) is 0 Å². The van der Waals surface area contributed by atoms with Crippen molar-refractivity contribution < 1.29 is 32.3 Å². The molecule has 0 aliphatic rings. The van der Waals surface area contributed by atoms with E-state index >= 15 is 0 Å². The van der Waals surface area contributed by atoms with Crippen molar-refractivity contribution in [3.05, 3.63) is 326 Å². The normalized spacial score (nSPS) is 11.4. The molecule has 0 radical (unpaired) electrons. The summed E-state index contributed by atoms with van der Waals surface area (Å²) in [6.45, 7) is 0.423. The molecule has 0 N–H and O–H groups in total. The molecule has 0 aliphatic carbocycles. The van der Waals surface area contributed by atoms with Crippen molar-refractivity contribution in [3.63, 3.8) is 0 Å². The Morgan fingerprint density at radius 2 is 0.724 bits per heavy atom. The van der Waals surface area contributed by atoms with Gasteiger partial charge in [0.05, 0.1) is 87.6 Å². The van der Waals surface area contributed by atoms with Gasteiger partial charge in [-0.3, -0.25) is 24.1 Å². The van der Waals surface area contributed by atoms with Crippen LogP contribution < -0.4 is 23.7 Å². The van der Waals surface area contributed by atoms with Crippen LogP contribution in [0.25, 0.3) is 111 Å². The third-order valence-electron chi connectivity index (χ3n) is 18.9. The van der Waals surface area contributed by atoms with Crippen LogP contribution in [0.2, 0.25) is 0 Å². The Kier molecular flexibility index (Phi) is 21.4. The average Bonchev–Trinajstić information content (AvgIpc) is 1.45. The lowest BCUT2D eigenvalue weighted by Crippen LogP contribution is -2.05. The van der Waals surface area contributed by atoms with Crippen molar-refractivity contribution in [3.8, 4) is 73.8 Å². The fraction of sp³-hybridized carbons (Fsp3) is 0.0909. The van der Waals surface area contributed by atoms with Gasteiger partial charge in [0.1, 0.15) is 47.8 Å². The van der Waals surface area contributed by atoms with E-state index in [-0.39, 0.29) is 24.8 Å². The van der Waals surface area contributed by atoms with E-state index in [1.807, 2.05) is 205 Å². The molecule has 20 aromatic rings. The molecular formula is C88H67FN20O6S. The highest BCUT2D eigenvalue weighted by Gasteiger charge is 2.19. The predicted molar refractivity (Wildman–Crippen MR) is 438 cm³/mol. The third kappa shape index (κ3) is 16.1. The molecule has 0 amide bonds. The topological polar surface area (TPSA) is 287 Å². The number of hydrogen-bond donors (Lipinski definition) is 0. The number of halogens is 1. The van der Waals surface area contributed by atoms with Crippen LogP contribution in [0.3, 0.4) is 0 Å². The first-order valence-corrected chi connectivity index (χ1v) is 38.0. The first-order chi connectivity index (χ1) is 57.1. The lowest BCUT2D eigenvalue weighted by Gasteiger charge is -2.09. The fourth-order valence-electron chi connectivity index (χ4n) is 13.1. The van der Waals surface area contributed by atoms with Crippen LogP contribution in [0.1, 0.15) is 28.9 Å². The summed E-state index contributed by atoms with van der Waals surface area (Å²) >= 11 is 0. The van der Waals surface area contributed by atoms with Gasteiger partial charge < -0.3 is 23.7 Å². The number of aryl methyl sites for hydroxylation is 2. The first-order valence-electron chi connectivity index (χ1n) is 36.7. The van der Waals surface area contributed by atoms with Crippen LogP contribution in [0.5, 0.6) is 28.7 Å². The summed E-state index contributed by atoms with van der Waals surface area (Å²) in [5.41, 5.74) is 14.1. The predicted octanol–water partition coefficient (Wildman–Crippen LogP) is 15.8. The van der Waals surface area contributed by atoms with Crippen molar-refractivity contribution >= 4 is 77.0 Å². The quantitative estimate of drug-likeness (QED) is 0.0726. The van der Waals surface area contributed by atoms with Crippen LogP contribution in [0.15, 0.2) is 297 Å². The van der Waals surface area contributed by atoms with Gasteiger partial charge in [0.15, 0.2) is 45.9 Å². The summed E-state index contributed by atoms with van der Waals surface area (Å²) in [6, 6.07) is 83.9. The molecule has 28 heteroatoms. The molecule has 0 spiro atoms. The van der Waals surface area contributed by atoms with E-state index in [4.69, 9.17) is 28.8 Å². The third-order valence-corrected chi connectivity index (χ3v) is 20.3. The van der Waals surface area contributed by atoms with E-state index in [9.17, 15) is 8.60 Å². The molecule has 26 nitrogen and oxygen atoms in total. The highest BCUT2D eigenvalue weighted by Crippen LogP contribution is 2.32. The summed E-state index contributed by atoms with van der Waals surface area (Å²) in [5.74, 6) is 6.10. The molecule has 12 heterocycles. The van der Waals surface area contributed by atoms with Crippen molar-refractivity contribution in [2.24, 2.45) is 0 Å². The number of methoxy groups -OCH3 is 3. The lowest BCUT2D eigenvalue weighted by atomic mass is 10.0. The molecular weight excluding hydrogens is 1480 g/mol. The number of pyridine rings is 4. The van der Waals surface area contributed by atoms with Gasteiger partial charge in [0.2, 0.25) is 0 Å². The Bertz CT molecular complexity index is 6940. The van der Waals surface area contributed by atoms with Crippen molar-refractivity contribution in [1.82, 2.24) is 99.2 Å². The molecule has 116 heavy (non-hydrogen) atoms. The number of para-hydroxylation sites is 1. The van der Waals surface area contributed by atoms with Crippen LogP contribution >= 0.6 is 0 Å². The maximum atomic E-state index is 13.6. The number of aromatic nitrogens is 20. The van der Waals surface area contributed by atoms with Crippen molar-refractivity contribution in [2.75, 3.05) is 21.3 Å². The SMILES string of the molecule is COc1ccc2c(CCc3nnc4ccc(-c5ccccc5)nn34)ccnc2c1.COc1ccc2c(OCc3nnc4ccc(-c5cccc(F)c5)nn34)ccnc2c1.COc1ccc2c(S(=O)Cc3nnc4ccc(-c5ccccc5)nn34)ccnc2c1.c1ccc(-c2ccc3nnc(COc4ccnc5ccccc45)n3n2)cc1. The number of fused-ring (bicyclic) bond motifs is 8. The zero-order valence-electron chi connectivity index (χ0n) is 62.4. The largest absolute Gasteiger partial charge is 0.497 e. The Morgan fingerprint density at radius 3 is 1.24 bits per heavy atom. The monoisotopic (exact) mass is 1550 g/mol. The van der Waals surface area contributed by atoms with Gasteiger partial charge in [-0.15, -0.1) is 40.8 Å². The minimum atomic E-state index is -1.35. The molecule has 0 aliphatic heterocycles. The van der Waals surface area contributed by atoms with Gasteiger partial charge in [-0.25, -0.2) is 4.39 Å². The maximum Gasteiger partial charge on any atom is 0.192 e. The Morgan fingerprint density at radius 1 is 0.328 bits per heavy atom. The Balaban J connectivity index is 0.000000111. The number of hydrogen-bond acceptors (Lipinski definition) is 22. The first kappa shape index (κ1) is 73.5. The number of benzene rings is 8. The van der Waals surface area contributed by atoms with E-state index in [0.717, 1.165) is 119 Å². The molecule has 1 unspecified atom stereocenters. The van der Waals surface area contributed by atoms with Gasteiger partial charge in [-0.2, -0.15) is 38.5 Å². The number of nitrogens with zero attached hydrogens (tertiary/aromatic N) is 20. The molecule has 20 rings (SSSR count). The van der Waals surface area contributed by atoms with Crippen LogP contribution in [-0.4, -0.2) is 125 Å². The van der Waals surface area contributed by atoms with Crippen molar-refractivity contribution in [2.45, 2.75) is 36.7 Å². The summed E-state index contributed by atoms with van der Waals surface area (Å²) in [6.07, 6.45) is 8.47. The van der Waals surface area contributed by atoms with Gasteiger partial charge in [0.25, 0.3) is 0 Å². The summed E-state index contributed by atoms with van der Waals surface area (Å²) in [4.78, 5) is 18.2. The van der Waals surface area contributed by atoms with Crippen LogP contribution in [0, 0.1) is 5.82 Å². The molecule has 12 aromatic heterocycles. The zero-order chi connectivity index (χ0) is 78.7. The van der Waals surface area contributed by atoms with E-state index < -0.39 is 10.8 Å². The number of rotatable bonds is 19. The Labute approximate surface area is 663 Å². The molecule has 0 saturated carbocycles. The van der Waals surface area contributed by atoms with E-state index in [1.54, 1.807) is 89.9 Å². The van der Waals surface area contributed by atoms with Crippen LogP contribution in [-0.2, 0) is 42.6 Å². The smallest absolute Gasteiger partial charge is 0.192 e. The van der Waals surface area contributed by atoms with Gasteiger partial charge in [-0.1, -0.05) is 115 Å². The van der Waals surface area contributed by atoms with E-state index in [0.29, 0.717) is 62.1 Å². The molecule has 1 atom stereocenters. The molecule has 568 valence electrons. The second kappa shape index (κ2) is 33.7. The maximum absolute atomic E-state index is 13.6. The fourth-order valence-corrected chi connectivity index (χ4v) is 14.3. The zero-order valence-corrected chi connectivity index (χ0v) is 63.2. The summed E-state index contributed by atoms with van der Waals surface area (Å²) in [5, 5.41) is 56.2. The minimum absolute atomic E-state index is 0.159. The van der Waals surface area contributed by atoms with Crippen LogP contribution in [0.4, 0.5) is 4.39 Å². The summed E-state index contributed by atoms with van der Waals surface area (Å²) < 4.78 is 61.5. The van der Waals surface area contributed by atoms with Gasteiger partial charge in [-0.05, 0) is 145 Å². The van der Waals surface area contributed by atoms with Gasteiger partial charge in [0, 0.05) is 93.2 Å². The standard InChI is InChI=1S/C23H19N5O.C22H16FN5O2.C22H17N5O2S.C21H15N5O/c1-29-18-8-9-19-16(13-14-24-21(19)15-18)7-11-22-25-26-23-12-10-20(27-28(22)23)17-5-3-2-4-6-17;1-29-16-5-6-17-19(12-16)24-10-9-20(17)30-13-22-26-25-21-8-7-18(27-28(21)22)14-3-2-4-15(23)11-14;1-29-16-7-8-17-19(13-16)23-12-11-20(17)30(28)14-22-25-24-21-10-9-18(26-27(21)22)15-5-3-2-4-6-15;1-2-6-15(7-3-1)17-10-11-20-23-24-21(26(20)25-17)14-27-19-12-13-22-18-9-5-4-8-16(18)19/h2-6,8-10,12-15H,7,11H2,1H3;2-12H,13H2,1H3;2-13H,14H2,1H3;1-13H,14H2. The Hall–Kier alpha value is -15.3. The molecule has 0 bridgehead atoms. The van der Waals surface area contributed by atoms with Gasteiger partial charge >= 0.3 is 0 Å².